The van der Waals surface area contributed by atoms with Crippen LogP contribution in [0.5, 0.6) is 23.0 Å². The van der Waals surface area contributed by atoms with Crippen LogP contribution in [0.15, 0.2) is 47.7 Å². The molecule has 2 aromatic carbocycles. The van der Waals surface area contributed by atoms with Crippen molar-refractivity contribution in [2.75, 3.05) is 26.2 Å². The molecule has 0 radical (unpaired) electrons. The average molecular weight is 497 g/mol. The van der Waals surface area contributed by atoms with Crippen LogP contribution < -0.4 is 19.1 Å². The third-order valence-corrected chi connectivity index (χ3v) is 6.78. The van der Waals surface area contributed by atoms with Gasteiger partial charge in [0.05, 0.1) is 54.2 Å². The number of para-hydroxylation sites is 2. The standard InChI is InChI=1S/C25H24N2O7S/c1-12-24(35-13(2)26-12)21(29)19-20(14-10-17(32-3)23(34-5)18(11-14)33-4)27(25(31)22(19)30)15-8-6-7-9-16(15)28/h6-11,20,28,30H,1-5H3. The van der Waals surface area contributed by atoms with Crippen LogP contribution >= 0.6 is 11.3 Å². The van der Waals surface area contributed by atoms with E-state index in [1.165, 1.54) is 49.7 Å². The molecule has 1 unspecified atom stereocenters. The Morgan fingerprint density at radius 2 is 1.66 bits per heavy atom. The van der Waals surface area contributed by atoms with Crippen molar-refractivity contribution < 1.29 is 34.0 Å². The normalized spacial score (nSPS) is 15.5. The number of Topliss-reactive ketones (excluding diaryl/α,β-unsaturated/α-hetero) is 1. The molecule has 0 aliphatic carbocycles. The number of aromatic hydroxyl groups is 1. The summed E-state index contributed by atoms with van der Waals surface area (Å²) >= 11 is 1.18. The number of aliphatic hydroxyl groups excluding tert-OH is 1. The van der Waals surface area contributed by atoms with Crippen LogP contribution in [0, 0.1) is 13.8 Å². The predicted octanol–water partition coefficient (Wildman–Crippen LogP) is 4.27. The van der Waals surface area contributed by atoms with E-state index in [2.05, 4.69) is 4.98 Å². The van der Waals surface area contributed by atoms with Crippen molar-refractivity contribution in [2.24, 2.45) is 0 Å². The van der Waals surface area contributed by atoms with E-state index in [4.69, 9.17) is 14.2 Å². The molecule has 0 bridgehead atoms. The maximum atomic E-state index is 13.7. The number of phenols is 1. The minimum atomic E-state index is -1.10. The summed E-state index contributed by atoms with van der Waals surface area (Å²) in [5.41, 5.74) is 0.888. The summed E-state index contributed by atoms with van der Waals surface area (Å²) in [4.78, 5) is 32.9. The SMILES string of the molecule is COc1cc(C2C(C(=O)c3sc(C)nc3C)=C(O)C(=O)N2c2ccccc2O)cc(OC)c1OC. The number of methoxy groups -OCH3 is 3. The Kier molecular flexibility index (Phi) is 6.40. The van der Waals surface area contributed by atoms with E-state index in [1.54, 1.807) is 38.1 Å². The number of carbonyl (C=O) groups excluding carboxylic acids is 2. The first-order chi connectivity index (χ1) is 16.7. The molecule has 0 saturated carbocycles. The summed E-state index contributed by atoms with van der Waals surface area (Å²) in [7, 11) is 4.36. The number of anilines is 1. The molecule has 2 heterocycles. The topological polar surface area (TPSA) is 118 Å². The van der Waals surface area contributed by atoms with Crippen LogP contribution in [0.1, 0.15) is 32.0 Å². The molecule has 182 valence electrons. The Balaban J connectivity index is 1.99. The third kappa shape index (κ3) is 3.95. The van der Waals surface area contributed by atoms with E-state index in [0.717, 1.165) is 0 Å². The second-order valence-electron chi connectivity index (χ2n) is 7.76. The lowest BCUT2D eigenvalue weighted by molar-refractivity contribution is -0.117. The number of hydrogen-bond donors (Lipinski definition) is 2. The number of ketones is 1. The van der Waals surface area contributed by atoms with E-state index in [-0.39, 0.29) is 17.0 Å². The zero-order valence-electron chi connectivity index (χ0n) is 19.8. The van der Waals surface area contributed by atoms with Gasteiger partial charge in [0.1, 0.15) is 5.75 Å². The molecule has 1 atom stereocenters. The molecule has 0 spiro atoms. The molecule has 1 aliphatic heterocycles. The first kappa shape index (κ1) is 24.1. The molecule has 2 N–H and O–H groups in total. The summed E-state index contributed by atoms with van der Waals surface area (Å²) in [5.74, 6) is -1.33. The van der Waals surface area contributed by atoms with Crippen molar-refractivity contribution in [3.8, 4) is 23.0 Å². The van der Waals surface area contributed by atoms with Gasteiger partial charge in [-0.2, -0.15) is 0 Å². The molecule has 0 fully saturated rings. The number of aliphatic hydroxyl groups is 1. The van der Waals surface area contributed by atoms with Gasteiger partial charge in [-0.05, 0) is 43.7 Å². The molecule has 9 nitrogen and oxygen atoms in total. The van der Waals surface area contributed by atoms with Gasteiger partial charge in [-0.3, -0.25) is 14.5 Å². The number of amides is 1. The summed E-state index contributed by atoms with van der Waals surface area (Å²) in [6, 6.07) is 8.30. The third-order valence-electron chi connectivity index (χ3n) is 5.71. The van der Waals surface area contributed by atoms with Crippen molar-refractivity contribution in [1.82, 2.24) is 4.98 Å². The number of thiazole rings is 1. The summed E-state index contributed by atoms with van der Waals surface area (Å²) in [6.07, 6.45) is 0. The number of aromatic nitrogens is 1. The Bertz CT molecular complexity index is 1340. The van der Waals surface area contributed by atoms with E-state index in [1.807, 2.05) is 0 Å². The van der Waals surface area contributed by atoms with E-state index in [0.29, 0.717) is 38.4 Å². The fourth-order valence-electron chi connectivity index (χ4n) is 4.19. The number of ether oxygens (including phenoxy) is 3. The zero-order valence-corrected chi connectivity index (χ0v) is 20.6. The summed E-state index contributed by atoms with van der Waals surface area (Å²) < 4.78 is 16.3. The maximum absolute atomic E-state index is 13.7. The van der Waals surface area contributed by atoms with Crippen molar-refractivity contribution in [2.45, 2.75) is 19.9 Å². The van der Waals surface area contributed by atoms with Gasteiger partial charge in [0, 0.05) is 0 Å². The summed E-state index contributed by atoms with van der Waals surface area (Å²) in [6.45, 7) is 3.47. The Morgan fingerprint density at radius 3 is 2.17 bits per heavy atom. The molecular formula is C25H24N2O7S. The molecule has 4 rings (SSSR count). The number of aryl methyl sites for hydroxylation is 2. The number of rotatable bonds is 7. The number of carbonyl (C=O) groups is 2. The molecule has 0 saturated heterocycles. The molecule has 35 heavy (non-hydrogen) atoms. The Hall–Kier alpha value is -4.05. The zero-order chi connectivity index (χ0) is 25.4. The number of phenolic OH excluding ortho intramolecular Hbond substituents is 1. The van der Waals surface area contributed by atoms with Gasteiger partial charge in [0.25, 0.3) is 5.91 Å². The monoisotopic (exact) mass is 496 g/mol. The summed E-state index contributed by atoms with van der Waals surface area (Å²) in [5, 5.41) is 22.2. The fraction of sp³-hybridized carbons (Fsp3) is 0.240. The fourth-order valence-corrected chi connectivity index (χ4v) is 5.07. The second-order valence-corrected chi connectivity index (χ2v) is 8.97. The lowest BCUT2D eigenvalue weighted by Crippen LogP contribution is -2.31. The van der Waals surface area contributed by atoms with Crippen molar-refractivity contribution >= 4 is 28.7 Å². The van der Waals surface area contributed by atoms with Gasteiger partial charge in [0.15, 0.2) is 17.3 Å². The molecule has 1 aliphatic rings. The number of hydrogen-bond acceptors (Lipinski definition) is 9. The first-order valence-electron chi connectivity index (χ1n) is 10.6. The van der Waals surface area contributed by atoms with Crippen LogP contribution in [0.25, 0.3) is 0 Å². The highest BCUT2D eigenvalue weighted by molar-refractivity contribution is 7.14. The molecule has 1 amide bonds. The van der Waals surface area contributed by atoms with E-state index in [9.17, 15) is 19.8 Å². The lowest BCUT2D eigenvalue weighted by atomic mass is 9.94. The van der Waals surface area contributed by atoms with Crippen molar-refractivity contribution in [1.29, 1.82) is 0 Å². The molecule has 10 heteroatoms. The second kappa shape index (κ2) is 9.30. The average Bonchev–Trinajstić information content (AvgIpc) is 3.32. The number of benzene rings is 2. The van der Waals surface area contributed by atoms with Crippen LogP contribution in [-0.4, -0.2) is 48.2 Å². The quantitative estimate of drug-likeness (QED) is 0.466. The van der Waals surface area contributed by atoms with Gasteiger partial charge in [-0.15, -0.1) is 11.3 Å². The first-order valence-corrected chi connectivity index (χ1v) is 11.4. The molecular weight excluding hydrogens is 472 g/mol. The van der Waals surface area contributed by atoms with E-state index >= 15 is 0 Å². The largest absolute Gasteiger partial charge is 0.506 e. The van der Waals surface area contributed by atoms with Crippen LogP contribution in [0.4, 0.5) is 5.69 Å². The van der Waals surface area contributed by atoms with Crippen LogP contribution in [0.2, 0.25) is 0 Å². The van der Waals surface area contributed by atoms with Gasteiger partial charge >= 0.3 is 0 Å². The highest BCUT2D eigenvalue weighted by atomic mass is 32.1. The predicted molar refractivity (Wildman–Crippen MR) is 130 cm³/mol. The highest BCUT2D eigenvalue weighted by Crippen LogP contribution is 2.48. The van der Waals surface area contributed by atoms with Gasteiger partial charge in [-0.25, -0.2) is 4.98 Å². The van der Waals surface area contributed by atoms with Gasteiger partial charge in [-0.1, -0.05) is 12.1 Å². The van der Waals surface area contributed by atoms with Gasteiger partial charge < -0.3 is 24.4 Å². The minimum Gasteiger partial charge on any atom is -0.506 e. The minimum absolute atomic E-state index is 0.128. The Morgan fingerprint density at radius 1 is 1.03 bits per heavy atom. The van der Waals surface area contributed by atoms with E-state index < -0.39 is 23.5 Å². The van der Waals surface area contributed by atoms with Crippen molar-refractivity contribution in [3.05, 3.63) is 68.9 Å². The molecule has 3 aromatic rings. The lowest BCUT2D eigenvalue weighted by Gasteiger charge is -2.28. The number of nitrogens with zero attached hydrogens (tertiary/aromatic N) is 2. The smallest absolute Gasteiger partial charge is 0.294 e. The Labute approximate surface area is 205 Å². The molecule has 1 aromatic heterocycles. The van der Waals surface area contributed by atoms with Gasteiger partial charge in [0.2, 0.25) is 11.5 Å². The maximum Gasteiger partial charge on any atom is 0.294 e. The van der Waals surface area contributed by atoms with Crippen molar-refractivity contribution in [3.63, 3.8) is 0 Å². The van der Waals surface area contributed by atoms with Crippen LogP contribution in [0.3, 0.4) is 0 Å². The highest BCUT2D eigenvalue weighted by Gasteiger charge is 2.46. The van der Waals surface area contributed by atoms with Crippen LogP contribution in [-0.2, 0) is 4.79 Å².